The van der Waals surface area contributed by atoms with Gasteiger partial charge in [0, 0.05) is 37.3 Å². The summed E-state index contributed by atoms with van der Waals surface area (Å²) >= 11 is 0. The summed E-state index contributed by atoms with van der Waals surface area (Å²) in [7, 11) is -8.19. The molecular weight excluding hydrogens is 422 g/mol. The molecule has 0 aromatic heterocycles. The minimum absolute atomic E-state index is 0.262. The molecule has 3 rings (SSSR count). The first-order chi connectivity index (χ1) is 13.7. The van der Waals surface area contributed by atoms with Crippen LogP contribution in [0.15, 0.2) is 64.9 Å². The van der Waals surface area contributed by atoms with Crippen molar-refractivity contribution in [1.82, 2.24) is 4.31 Å². The summed E-state index contributed by atoms with van der Waals surface area (Å²) in [5.41, 5.74) is 1.43. The van der Waals surface area contributed by atoms with Crippen molar-refractivity contribution in [2.45, 2.75) is 10.7 Å². The van der Waals surface area contributed by atoms with Gasteiger partial charge in [-0.15, -0.1) is 0 Å². The Hall–Kier alpha value is -2.30. The van der Waals surface area contributed by atoms with Crippen LogP contribution < -0.4 is 4.90 Å². The van der Waals surface area contributed by atoms with Gasteiger partial charge in [-0.25, -0.2) is 16.8 Å². The van der Waals surface area contributed by atoms with Gasteiger partial charge in [-0.1, -0.05) is 30.3 Å². The van der Waals surface area contributed by atoms with Gasteiger partial charge in [0.15, 0.2) is 0 Å². The average Bonchev–Trinajstić information content (AvgIpc) is 2.73. The number of sulfonamides is 1. The fraction of sp³-hybridized carbons (Fsp3) is 0.263. The number of piperazine rings is 1. The topological polar surface area (TPSA) is 74.8 Å². The molecule has 0 N–H and O–H groups in total. The van der Waals surface area contributed by atoms with E-state index in [9.17, 15) is 25.6 Å². The number of nitrogens with zero attached hydrogens (tertiary/aromatic N) is 2. The highest BCUT2D eigenvalue weighted by atomic mass is 32.2. The van der Waals surface area contributed by atoms with E-state index in [1.807, 2.05) is 35.2 Å². The molecule has 0 atom stereocenters. The molecule has 0 saturated carbocycles. The second-order valence-corrected chi connectivity index (χ2v) is 10.2. The van der Waals surface area contributed by atoms with Crippen molar-refractivity contribution in [1.29, 1.82) is 0 Å². The number of hydrogen-bond acceptors (Lipinski definition) is 5. The Kier molecular flexibility index (Phi) is 6.35. The highest BCUT2D eigenvalue weighted by Crippen LogP contribution is 2.23. The van der Waals surface area contributed by atoms with Crippen molar-refractivity contribution in [3.8, 4) is 0 Å². The standard InChI is InChI=1S/C19H20F2N2O4S2/c20-19(21)29(26,27)18-8-6-17(7-9-18)22-11-13-23(14-12-22)28(24,25)15-10-16-4-2-1-3-5-16/h1-10,15,19H,11-14H2/b15-10+. The Bertz CT molecular complexity index is 1060. The molecule has 10 heteroatoms. The Labute approximate surface area is 169 Å². The maximum absolute atomic E-state index is 12.6. The van der Waals surface area contributed by atoms with E-state index in [1.54, 1.807) is 6.08 Å². The maximum atomic E-state index is 12.6. The second-order valence-electron chi connectivity index (χ2n) is 6.44. The van der Waals surface area contributed by atoms with Crippen LogP contribution in [-0.4, -0.2) is 53.1 Å². The van der Waals surface area contributed by atoms with E-state index < -0.39 is 30.5 Å². The van der Waals surface area contributed by atoms with Gasteiger partial charge in [-0.3, -0.25) is 0 Å². The third kappa shape index (κ3) is 5.01. The van der Waals surface area contributed by atoms with E-state index in [2.05, 4.69) is 0 Å². The third-order valence-electron chi connectivity index (χ3n) is 4.60. The molecule has 1 saturated heterocycles. The van der Waals surface area contributed by atoms with Crippen LogP contribution in [-0.2, 0) is 19.9 Å². The largest absolute Gasteiger partial charge is 0.369 e. The lowest BCUT2D eigenvalue weighted by Crippen LogP contribution is -2.48. The summed E-state index contributed by atoms with van der Waals surface area (Å²) in [5.74, 6) is -3.47. The van der Waals surface area contributed by atoms with Gasteiger partial charge in [0.1, 0.15) is 0 Å². The number of alkyl halides is 2. The Morgan fingerprint density at radius 3 is 1.97 bits per heavy atom. The molecule has 1 heterocycles. The van der Waals surface area contributed by atoms with Crippen LogP contribution in [0, 0.1) is 0 Å². The van der Waals surface area contributed by atoms with Gasteiger partial charge in [0.05, 0.1) is 4.90 Å². The summed E-state index contributed by atoms with van der Waals surface area (Å²) in [6, 6.07) is 14.3. The van der Waals surface area contributed by atoms with E-state index in [0.29, 0.717) is 18.8 Å². The molecule has 2 aromatic carbocycles. The summed E-state index contributed by atoms with van der Waals surface area (Å²) in [6.45, 7) is 1.33. The molecule has 1 aliphatic heterocycles. The highest BCUT2D eigenvalue weighted by Gasteiger charge is 2.28. The molecule has 0 unspecified atom stereocenters. The monoisotopic (exact) mass is 442 g/mol. The maximum Gasteiger partial charge on any atom is 0.341 e. The van der Waals surface area contributed by atoms with Crippen molar-refractivity contribution in [2.75, 3.05) is 31.1 Å². The van der Waals surface area contributed by atoms with Gasteiger partial charge in [-0.2, -0.15) is 13.1 Å². The zero-order valence-electron chi connectivity index (χ0n) is 15.4. The number of halogens is 2. The fourth-order valence-corrected chi connectivity index (χ4v) is 4.86. The van der Waals surface area contributed by atoms with Crippen LogP contribution in [0.5, 0.6) is 0 Å². The first-order valence-corrected chi connectivity index (χ1v) is 11.9. The molecule has 156 valence electrons. The van der Waals surface area contributed by atoms with Crippen LogP contribution in [0.3, 0.4) is 0 Å². The Morgan fingerprint density at radius 1 is 0.828 bits per heavy atom. The molecule has 0 bridgehead atoms. The smallest absolute Gasteiger partial charge is 0.341 e. The predicted octanol–water partition coefficient (Wildman–Crippen LogP) is 2.81. The lowest BCUT2D eigenvalue weighted by Gasteiger charge is -2.34. The molecule has 0 spiro atoms. The van der Waals surface area contributed by atoms with Gasteiger partial charge in [-0.05, 0) is 35.9 Å². The van der Waals surface area contributed by atoms with Crippen molar-refractivity contribution in [3.05, 3.63) is 65.6 Å². The van der Waals surface area contributed by atoms with E-state index in [1.165, 1.54) is 21.8 Å². The second kappa shape index (κ2) is 8.60. The van der Waals surface area contributed by atoms with E-state index >= 15 is 0 Å². The first kappa shape index (κ1) is 21.4. The molecule has 29 heavy (non-hydrogen) atoms. The number of benzene rings is 2. The van der Waals surface area contributed by atoms with Gasteiger partial charge < -0.3 is 4.90 Å². The van der Waals surface area contributed by atoms with Crippen molar-refractivity contribution in [2.24, 2.45) is 0 Å². The zero-order chi connectivity index (χ0) is 21.1. The summed E-state index contributed by atoms with van der Waals surface area (Å²) in [4.78, 5) is 1.44. The van der Waals surface area contributed by atoms with E-state index in [4.69, 9.17) is 0 Å². The third-order valence-corrected chi connectivity index (χ3v) is 7.56. The number of rotatable bonds is 6. The highest BCUT2D eigenvalue weighted by molar-refractivity contribution is 7.92. The molecule has 1 fully saturated rings. The SMILES string of the molecule is O=S(=O)(c1ccc(N2CCN(S(=O)(=O)/C=C/c3ccccc3)CC2)cc1)C(F)F. The predicted molar refractivity (Wildman–Crippen MR) is 108 cm³/mol. The Morgan fingerprint density at radius 2 is 1.41 bits per heavy atom. The first-order valence-electron chi connectivity index (χ1n) is 8.80. The van der Waals surface area contributed by atoms with Crippen LogP contribution in [0.4, 0.5) is 14.5 Å². The summed E-state index contributed by atoms with van der Waals surface area (Å²) in [6.07, 6.45) is 1.55. The number of anilines is 1. The minimum atomic E-state index is -4.63. The van der Waals surface area contributed by atoms with Crippen LogP contribution >= 0.6 is 0 Å². The lowest BCUT2D eigenvalue weighted by molar-refractivity contribution is 0.234. The number of sulfone groups is 1. The zero-order valence-corrected chi connectivity index (χ0v) is 17.0. The normalized spacial score (nSPS) is 16.6. The molecule has 0 amide bonds. The van der Waals surface area contributed by atoms with Crippen LogP contribution in [0.1, 0.15) is 5.56 Å². The molecule has 1 aliphatic rings. The summed E-state index contributed by atoms with van der Waals surface area (Å²) in [5, 5.41) is 1.18. The van der Waals surface area contributed by atoms with Crippen molar-refractivity contribution in [3.63, 3.8) is 0 Å². The molecule has 0 radical (unpaired) electrons. The van der Waals surface area contributed by atoms with Gasteiger partial charge >= 0.3 is 5.76 Å². The molecule has 0 aliphatic carbocycles. The van der Waals surface area contributed by atoms with Gasteiger partial charge in [0.2, 0.25) is 19.9 Å². The molecule has 6 nitrogen and oxygen atoms in total. The quantitative estimate of drug-likeness (QED) is 0.688. The molecule has 2 aromatic rings. The molecular formula is C19H20F2N2O4S2. The Balaban J connectivity index is 1.64. The lowest BCUT2D eigenvalue weighted by atomic mass is 10.2. The number of hydrogen-bond donors (Lipinski definition) is 0. The van der Waals surface area contributed by atoms with E-state index in [-0.39, 0.29) is 13.1 Å². The summed E-state index contributed by atoms with van der Waals surface area (Å²) < 4.78 is 74.6. The van der Waals surface area contributed by atoms with Gasteiger partial charge in [0.25, 0.3) is 0 Å². The van der Waals surface area contributed by atoms with Crippen LogP contribution in [0.25, 0.3) is 6.08 Å². The van der Waals surface area contributed by atoms with Crippen molar-refractivity contribution < 1.29 is 25.6 Å². The fourth-order valence-electron chi connectivity index (χ4n) is 2.97. The minimum Gasteiger partial charge on any atom is -0.369 e. The average molecular weight is 443 g/mol. The van der Waals surface area contributed by atoms with Crippen molar-refractivity contribution >= 4 is 31.6 Å². The van der Waals surface area contributed by atoms with E-state index in [0.717, 1.165) is 17.7 Å². The van der Waals surface area contributed by atoms with Crippen LogP contribution in [0.2, 0.25) is 0 Å².